The molecule has 0 atom stereocenters. The summed E-state index contributed by atoms with van der Waals surface area (Å²) >= 11 is 0. The van der Waals surface area contributed by atoms with Gasteiger partial charge >= 0.3 is 21.1 Å². The quantitative estimate of drug-likeness (QED) is 0.144. The summed E-state index contributed by atoms with van der Waals surface area (Å²) in [6.07, 6.45) is 14.7. The van der Waals surface area contributed by atoms with Crippen molar-refractivity contribution in [2.75, 3.05) is 4.90 Å². The van der Waals surface area contributed by atoms with Crippen molar-refractivity contribution in [2.24, 2.45) is 0 Å². The molecule has 0 N–H and O–H groups in total. The zero-order chi connectivity index (χ0) is 32.0. The molecule has 0 saturated carbocycles. The van der Waals surface area contributed by atoms with Gasteiger partial charge in [0.25, 0.3) is 0 Å². The molecule has 236 valence electrons. The van der Waals surface area contributed by atoms with Gasteiger partial charge in [0.15, 0.2) is 0 Å². The molecule has 0 radical (unpaired) electrons. The van der Waals surface area contributed by atoms with Crippen LogP contribution in [0.5, 0.6) is 0 Å². The molecule has 4 aromatic carbocycles. The van der Waals surface area contributed by atoms with E-state index in [1.54, 1.807) is 0 Å². The average Bonchev–Trinajstić information content (AvgIpc) is 3.16. The van der Waals surface area contributed by atoms with Crippen LogP contribution in [0.2, 0.25) is 0 Å². The number of allylic oxidation sites excluding steroid dienone is 6. The third-order valence-electron chi connectivity index (χ3n) is 8.52. The first-order chi connectivity index (χ1) is 23.2. The predicted octanol–water partition coefficient (Wildman–Crippen LogP) is 11.7. The minimum Gasteiger partial charge on any atom is -0.346 e. The molecular weight excluding hydrogens is 766 g/mol. The van der Waals surface area contributed by atoms with Crippen LogP contribution in [0.3, 0.4) is 0 Å². The summed E-state index contributed by atoms with van der Waals surface area (Å²) in [5.74, 6) is 0. The summed E-state index contributed by atoms with van der Waals surface area (Å²) in [4.78, 5) is 11.7. The van der Waals surface area contributed by atoms with Crippen LogP contribution < -0.4 is 4.90 Å². The Labute approximate surface area is 298 Å². The molecule has 0 bridgehead atoms. The molecule has 0 amide bonds. The monoisotopic (exact) mass is 800 g/mol. The standard InChI is InChI=1S/C44H35N3.Pt/c1-3-32(2)36-26-38(43-18-10-12-24-45-43)30-41(28-36)47(40-22-20-35(21-23-40)33-14-6-4-7-15-33)42-29-37(34-16-8-5-9-17-34)27-39(31-42)44-19-11-13-25-46-44;/h3-4,6-8,10-29H,5,9H2,1-2H3;/q-2;+2/b32-3+;. The Kier molecular flexibility index (Phi) is 10.4. The Morgan fingerprint density at radius 2 is 1.29 bits per heavy atom. The van der Waals surface area contributed by atoms with Crippen molar-refractivity contribution in [3.05, 3.63) is 175 Å². The summed E-state index contributed by atoms with van der Waals surface area (Å²) in [5, 5.41) is 0. The van der Waals surface area contributed by atoms with Crippen molar-refractivity contribution in [1.82, 2.24) is 9.97 Å². The Morgan fingerprint density at radius 1 is 0.667 bits per heavy atom. The Hall–Kier alpha value is -5.11. The zero-order valence-corrected chi connectivity index (χ0v) is 29.3. The van der Waals surface area contributed by atoms with Gasteiger partial charge in [-0.2, -0.15) is 0 Å². The summed E-state index contributed by atoms with van der Waals surface area (Å²) < 4.78 is 0. The van der Waals surface area contributed by atoms with Gasteiger partial charge in [0.05, 0.1) is 0 Å². The second-order valence-corrected chi connectivity index (χ2v) is 11.6. The molecule has 4 heteroatoms. The van der Waals surface area contributed by atoms with Gasteiger partial charge in [-0.3, -0.25) is 0 Å². The second kappa shape index (κ2) is 15.2. The van der Waals surface area contributed by atoms with Crippen LogP contribution in [-0.4, -0.2) is 9.97 Å². The van der Waals surface area contributed by atoms with Crippen LogP contribution in [0, 0.1) is 12.1 Å². The molecule has 0 aliphatic heterocycles. The van der Waals surface area contributed by atoms with Gasteiger partial charge in [-0.05, 0) is 90.4 Å². The van der Waals surface area contributed by atoms with Crippen molar-refractivity contribution in [1.29, 1.82) is 0 Å². The summed E-state index contributed by atoms with van der Waals surface area (Å²) in [6, 6.07) is 47.6. The van der Waals surface area contributed by atoms with E-state index in [0.29, 0.717) is 0 Å². The maximum Gasteiger partial charge on any atom is 2.00 e. The number of nitrogens with zero attached hydrogens (tertiary/aromatic N) is 3. The van der Waals surface area contributed by atoms with Gasteiger partial charge in [0.1, 0.15) is 0 Å². The number of pyridine rings is 2. The van der Waals surface area contributed by atoms with E-state index >= 15 is 0 Å². The van der Waals surface area contributed by atoms with Crippen molar-refractivity contribution < 1.29 is 21.1 Å². The fourth-order valence-corrected chi connectivity index (χ4v) is 5.90. The van der Waals surface area contributed by atoms with Crippen molar-refractivity contribution >= 4 is 28.2 Å². The third-order valence-corrected chi connectivity index (χ3v) is 8.52. The van der Waals surface area contributed by atoms with Gasteiger partial charge in [0, 0.05) is 18.1 Å². The Bertz CT molecular complexity index is 2080. The number of benzene rings is 4. The smallest absolute Gasteiger partial charge is 0.346 e. The Morgan fingerprint density at radius 3 is 1.90 bits per heavy atom. The maximum atomic E-state index is 4.72. The molecule has 2 heterocycles. The van der Waals surface area contributed by atoms with Crippen LogP contribution in [0.1, 0.15) is 37.8 Å². The number of rotatable bonds is 8. The number of hydrogen-bond donors (Lipinski definition) is 0. The van der Waals surface area contributed by atoms with E-state index in [1.807, 2.05) is 54.9 Å². The van der Waals surface area contributed by atoms with E-state index in [0.717, 1.165) is 69.1 Å². The molecule has 6 aromatic rings. The van der Waals surface area contributed by atoms with Crippen LogP contribution >= 0.6 is 0 Å². The molecule has 0 unspecified atom stereocenters. The molecule has 0 spiro atoms. The minimum atomic E-state index is 0. The van der Waals surface area contributed by atoms with Crippen molar-refractivity contribution in [2.45, 2.75) is 26.7 Å². The van der Waals surface area contributed by atoms with Gasteiger partial charge < -0.3 is 14.9 Å². The number of aromatic nitrogens is 2. The van der Waals surface area contributed by atoms with Crippen LogP contribution in [0.15, 0.2) is 152 Å². The van der Waals surface area contributed by atoms with Crippen molar-refractivity contribution in [3.8, 4) is 33.6 Å². The van der Waals surface area contributed by atoms with Gasteiger partial charge in [-0.1, -0.05) is 102 Å². The van der Waals surface area contributed by atoms with E-state index < -0.39 is 0 Å². The number of anilines is 3. The van der Waals surface area contributed by atoms with Gasteiger partial charge in [-0.15, -0.1) is 53.1 Å². The number of hydrogen-bond acceptors (Lipinski definition) is 3. The second-order valence-electron chi connectivity index (χ2n) is 11.6. The molecule has 2 aromatic heterocycles. The van der Waals surface area contributed by atoms with E-state index in [-0.39, 0.29) is 21.1 Å². The first-order valence-corrected chi connectivity index (χ1v) is 16.1. The van der Waals surface area contributed by atoms with E-state index in [2.05, 4.69) is 128 Å². The van der Waals surface area contributed by atoms with Crippen LogP contribution in [-0.2, 0) is 21.1 Å². The minimum absolute atomic E-state index is 0. The molecule has 3 nitrogen and oxygen atoms in total. The summed E-state index contributed by atoms with van der Waals surface area (Å²) in [5.41, 5.74) is 13.4. The van der Waals surface area contributed by atoms with Crippen molar-refractivity contribution in [3.63, 3.8) is 0 Å². The van der Waals surface area contributed by atoms with Gasteiger partial charge in [-0.25, -0.2) is 0 Å². The molecule has 7 rings (SSSR count). The topological polar surface area (TPSA) is 29.0 Å². The maximum absolute atomic E-state index is 4.72. The SMILES string of the molecule is C/C=C(\C)c1cc(-c2ccccn2)[c-]c(N(c2[c-]c(-c3ccccn3)cc(C3=CCCC=C3)c2)c2ccc(-c3ccccc3)cc2)c1.[Pt+2]. The summed E-state index contributed by atoms with van der Waals surface area (Å²) in [6.45, 7) is 4.22. The van der Waals surface area contributed by atoms with Gasteiger partial charge in [0.2, 0.25) is 0 Å². The largest absolute Gasteiger partial charge is 2.00 e. The molecule has 48 heavy (non-hydrogen) atoms. The Balaban J connectivity index is 0.00000401. The zero-order valence-electron chi connectivity index (χ0n) is 27.0. The average molecular weight is 801 g/mol. The van der Waals surface area contributed by atoms with Crippen LogP contribution in [0.4, 0.5) is 17.1 Å². The fourth-order valence-electron chi connectivity index (χ4n) is 5.90. The van der Waals surface area contributed by atoms with E-state index in [4.69, 9.17) is 9.97 Å². The molecular formula is C44H35N3Pt. The predicted molar refractivity (Wildman–Crippen MR) is 196 cm³/mol. The molecule has 1 aliphatic rings. The summed E-state index contributed by atoms with van der Waals surface area (Å²) in [7, 11) is 0. The normalized spacial score (nSPS) is 12.6. The molecule has 1 aliphatic carbocycles. The first-order valence-electron chi connectivity index (χ1n) is 16.1. The molecule has 0 saturated heterocycles. The fraction of sp³-hybridized carbons (Fsp3) is 0.0909. The first kappa shape index (κ1) is 32.8. The molecule has 0 fully saturated rings. The van der Waals surface area contributed by atoms with E-state index in [9.17, 15) is 0 Å². The van der Waals surface area contributed by atoms with E-state index in [1.165, 1.54) is 16.7 Å². The third kappa shape index (κ3) is 7.23. The van der Waals surface area contributed by atoms with Crippen LogP contribution in [0.25, 0.3) is 44.8 Å².